The Kier molecular flexibility index (Phi) is 4.53. The SMILES string of the molecule is CCN(Cc1cccs1)c1ccc(C#N)c(C(F)(F)F)c1. The Morgan fingerprint density at radius 1 is 1.29 bits per heavy atom. The normalized spacial score (nSPS) is 11.2. The van der Waals surface area contributed by atoms with Crippen molar-refractivity contribution in [3.63, 3.8) is 0 Å². The first-order valence-corrected chi connectivity index (χ1v) is 7.22. The molecule has 0 fully saturated rings. The predicted molar refractivity (Wildman–Crippen MR) is 77.2 cm³/mol. The van der Waals surface area contributed by atoms with Crippen molar-refractivity contribution in [2.75, 3.05) is 11.4 Å². The molecule has 1 aromatic carbocycles. The highest BCUT2D eigenvalue weighted by Gasteiger charge is 2.34. The van der Waals surface area contributed by atoms with Crippen molar-refractivity contribution in [2.24, 2.45) is 0 Å². The maximum atomic E-state index is 13.0. The topological polar surface area (TPSA) is 27.0 Å². The van der Waals surface area contributed by atoms with Gasteiger partial charge in [0.1, 0.15) is 0 Å². The smallest absolute Gasteiger partial charge is 0.367 e. The van der Waals surface area contributed by atoms with E-state index in [4.69, 9.17) is 5.26 Å². The number of anilines is 1. The highest BCUT2D eigenvalue weighted by molar-refractivity contribution is 7.09. The summed E-state index contributed by atoms with van der Waals surface area (Å²) < 4.78 is 39.0. The molecule has 0 aliphatic carbocycles. The zero-order chi connectivity index (χ0) is 15.5. The molecular formula is C15H13F3N2S. The lowest BCUT2D eigenvalue weighted by atomic mass is 10.1. The second-order valence-electron chi connectivity index (χ2n) is 4.43. The minimum absolute atomic E-state index is 0.349. The minimum Gasteiger partial charge on any atom is -0.367 e. The predicted octanol–water partition coefficient (Wildman–Crippen LogP) is 4.67. The van der Waals surface area contributed by atoms with Crippen LogP contribution < -0.4 is 4.90 Å². The highest BCUT2D eigenvalue weighted by Crippen LogP contribution is 2.34. The summed E-state index contributed by atoms with van der Waals surface area (Å²) in [6, 6.07) is 9.29. The van der Waals surface area contributed by atoms with Crippen molar-refractivity contribution in [2.45, 2.75) is 19.6 Å². The van der Waals surface area contributed by atoms with Gasteiger partial charge in [0.2, 0.25) is 0 Å². The van der Waals surface area contributed by atoms with Crippen LogP contribution in [0.1, 0.15) is 22.9 Å². The van der Waals surface area contributed by atoms with Crippen LogP contribution in [0.2, 0.25) is 0 Å². The fraction of sp³-hybridized carbons (Fsp3) is 0.267. The largest absolute Gasteiger partial charge is 0.417 e. The molecule has 0 spiro atoms. The Bertz CT molecular complexity index is 642. The van der Waals surface area contributed by atoms with Crippen LogP contribution in [0.25, 0.3) is 0 Å². The summed E-state index contributed by atoms with van der Waals surface area (Å²) in [5.74, 6) is 0. The number of benzene rings is 1. The molecule has 21 heavy (non-hydrogen) atoms. The van der Waals surface area contributed by atoms with Crippen LogP contribution in [-0.2, 0) is 12.7 Å². The molecule has 2 rings (SSSR count). The molecular weight excluding hydrogens is 297 g/mol. The van der Waals surface area contributed by atoms with Gasteiger partial charge in [-0.3, -0.25) is 0 Å². The molecule has 0 saturated carbocycles. The quantitative estimate of drug-likeness (QED) is 0.821. The van der Waals surface area contributed by atoms with Gasteiger partial charge in [-0.05, 0) is 36.6 Å². The van der Waals surface area contributed by atoms with Gasteiger partial charge in [0, 0.05) is 17.1 Å². The first-order chi connectivity index (χ1) is 9.95. The van der Waals surface area contributed by atoms with Crippen LogP contribution in [0.5, 0.6) is 0 Å². The van der Waals surface area contributed by atoms with Gasteiger partial charge in [-0.25, -0.2) is 0 Å². The number of hydrogen-bond acceptors (Lipinski definition) is 3. The third-order valence-corrected chi connectivity index (χ3v) is 3.96. The maximum absolute atomic E-state index is 13.0. The number of thiophene rings is 1. The van der Waals surface area contributed by atoms with E-state index in [1.54, 1.807) is 23.5 Å². The van der Waals surface area contributed by atoms with Crippen LogP contribution in [0, 0.1) is 11.3 Å². The fourth-order valence-corrected chi connectivity index (χ4v) is 2.76. The number of halogens is 3. The molecule has 0 saturated heterocycles. The Morgan fingerprint density at radius 3 is 2.57 bits per heavy atom. The molecule has 0 radical (unpaired) electrons. The molecule has 0 aliphatic heterocycles. The molecule has 2 aromatic rings. The Balaban J connectivity index is 2.36. The van der Waals surface area contributed by atoms with Crippen molar-refractivity contribution in [1.82, 2.24) is 0 Å². The summed E-state index contributed by atoms with van der Waals surface area (Å²) in [6.45, 7) is 3.03. The molecule has 0 bridgehead atoms. The van der Waals surface area contributed by atoms with Crippen LogP contribution in [0.15, 0.2) is 35.7 Å². The fourth-order valence-electron chi connectivity index (χ4n) is 2.04. The number of alkyl halides is 3. The number of nitrogens with zero attached hydrogens (tertiary/aromatic N) is 2. The van der Waals surface area contributed by atoms with Gasteiger partial charge in [0.05, 0.1) is 23.7 Å². The molecule has 0 atom stereocenters. The van der Waals surface area contributed by atoms with Crippen molar-refractivity contribution >= 4 is 17.0 Å². The van der Waals surface area contributed by atoms with E-state index in [0.717, 1.165) is 10.9 Å². The van der Waals surface area contributed by atoms with E-state index in [2.05, 4.69) is 0 Å². The highest BCUT2D eigenvalue weighted by atomic mass is 32.1. The average molecular weight is 310 g/mol. The lowest BCUT2D eigenvalue weighted by molar-refractivity contribution is -0.137. The van der Waals surface area contributed by atoms with Gasteiger partial charge in [0.25, 0.3) is 0 Å². The summed E-state index contributed by atoms with van der Waals surface area (Å²) in [5, 5.41) is 10.7. The second kappa shape index (κ2) is 6.19. The number of rotatable bonds is 4. The zero-order valence-electron chi connectivity index (χ0n) is 11.3. The monoisotopic (exact) mass is 310 g/mol. The third kappa shape index (κ3) is 3.56. The summed E-state index contributed by atoms with van der Waals surface area (Å²) in [4.78, 5) is 2.93. The number of hydrogen-bond donors (Lipinski definition) is 0. The first kappa shape index (κ1) is 15.4. The molecule has 0 unspecified atom stereocenters. The van der Waals surface area contributed by atoms with Gasteiger partial charge < -0.3 is 4.90 Å². The summed E-state index contributed by atoms with van der Waals surface area (Å²) in [6.07, 6.45) is -4.52. The van der Waals surface area contributed by atoms with Crippen LogP contribution in [0.4, 0.5) is 18.9 Å². The summed E-state index contributed by atoms with van der Waals surface area (Å²) >= 11 is 1.56. The molecule has 0 amide bonds. The Morgan fingerprint density at radius 2 is 2.05 bits per heavy atom. The van der Waals surface area contributed by atoms with E-state index >= 15 is 0 Å². The minimum atomic E-state index is -4.52. The number of nitriles is 1. The van der Waals surface area contributed by atoms with Gasteiger partial charge in [-0.15, -0.1) is 11.3 Å². The average Bonchev–Trinajstić information content (AvgIpc) is 2.96. The van der Waals surface area contributed by atoms with Gasteiger partial charge >= 0.3 is 6.18 Å². The van der Waals surface area contributed by atoms with Crippen molar-refractivity contribution in [3.05, 3.63) is 51.7 Å². The third-order valence-electron chi connectivity index (χ3n) is 3.10. The molecule has 110 valence electrons. The molecule has 0 aliphatic rings. The lowest BCUT2D eigenvalue weighted by Gasteiger charge is -2.23. The van der Waals surface area contributed by atoms with E-state index < -0.39 is 11.7 Å². The maximum Gasteiger partial charge on any atom is 0.417 e. The van der Waals surface area contributed by atoms with E-state index in [1.807, 2.05) is 29.3 Å². The molecule has 1 aromatic heterocycles. The molecule has 2 nitrogen and oxygen atoms in total. The summed E-state index contributed by atoms with van der Waals surface area (Å²) in [5.41, 5.74) is -0.761. The standard InChI is InChI=1S/C15H13F3N2S/c1-2-20(10-13-4-3-7-21-13)12-6-5-11(9-19)14(8-12)15(16,17)18/h3-8H,2,10H2,1H3. The lowest BCUT2D eigenvalue weighted by Crippen LogP contribution is -2.22. The Hall–Kier alpha value is -2.00. The van der Waals surface area contributed by atoms with Crippen LogP contribution >= 0.6 is 11.3 Å². The van der Waals surface area contributed by atoms with Gasteiger partial charge in [-0.2, -0.15) is 18.4 Å². The van der Waals surface area contributed by atoms with Crippen molar-refractivity contribution in [1.29, 1.82) is 5.26 Å². The van der Waals surface area contributed by atoms with E-state index in [1.165, 1.54) is 6.07 Å². The summed E-state index contributed by atoms with van der Waals surface area (Å²) in [7, 11) is 0. The first-order valence-electron chi connectivity index (χ1n) is 6.34. The zero-order valence-corrected chi connectivity index (χ0v) is 12.1. The molecule has 6 heteroatoms. The van der Waals surface area contributed by atoms with Crippen molar-refractivity contribution < 1.29 is 13.2 Å². The van der Waals surface area contributed by atoms with Crippen molar-refractivity contribution in [3.8, 4) is 6.07 Å². The molecule has 0 N–H and O–H groups in total. The van der Waals surface area contributed by atoms with Gasteiger partial charge in [-0.1, -0.05) is 6.07 Å². The van der Waals surface area contributed by atoms with E-state index in [0.29, 0.717) is 18.8 Å². The van der Waals surface area contributed by atoms with E-state index in [9.17, 15) is 13.2 Å². The Labute approximate surface area is 125 Å². The molecule has 1 heterocycles. The van der Waals surface area contributed by atoms with Crippen LogP contribution in [0.3, 0.4) is 0 Å². The van der Waals surface area contributed by atoms with Gasteiger partial charge in [0.15, 0.2) is 0 Å². The van der Waals surface area contributed by atoms with Crippen LogP contribution in [-0.4, -0.2) is 6.54 Å². The van der Waals surface area contributed by atoms with E-state index in [-0.39, 0.29) is 5.56 Å². The second-order valence-corrected chi connectivity index (χ2v) is 5.47.